The molecule has 9 rings (SSSR count). The van der Waals surface area contributed by atoms with Gasteiger partial charge in [0.25, 0.3) is 0 Å². The molecule has 0 saturated heterocycles. The zero-order chi connectivity index (χ0) is 26.4. The van der Waals surface area contributed by atoms with Crippen LogP contribution in [0.2, 0.25) is 0 Å². The molecule has 2 nitrogen and oxygen atoms in total. The SMILES string of the molecule is Cc1ccc2c(c1)C1(c3ccccc3-c3ccccc31)c1cc(N3c4ccccc4Oc4ccccc43)ccc1-2. The molecule has 0 bridgehead atoms. The van der Waals surface area contributed by atoms with Crippen molar-refractivity contribution in [1.29, 1.82) is 0 Å². The summed E-state index contributed by atoms with van der Waals surface area (Å²) in [5, 5.41) is 0. The van der Waals surface area contributed by atoms with Gasteiger partial charge in [-0.1, -0.05) is 103 Å². The van der Waals surface area contributed by atoms with Gasteiger partial charge in [0.05, 0.1) is 16.8 Å². The topological polar surface area (TPSA) is 12.5 Å². The maximum atomic E-state index is 6.33. The number of ether oxygens (including phenoxy) is 1. The van der Waals surface area contributed by atoms with Crippen LogP contribution in [-0.4, -0.2) is 0 Å². The largest absolute Gasteiger partial charge is 0.453 e. The maximum absolute atomic E-state index is 6.33. The number of hydrogen-bond acceptors (Lipinski definition) is 2. The standard InChI is InChI=1S/C38H25NO/c1-24-18-20-28-29-21-19-25(39-34-14-6-8-16-36(34)40-37-17-9-7-15-35(37)39)23-33(29)38(32(28)22-24)30-12-4-2-10-26(30)27-11-3-5-13-31(27)38/h2-23H,1H3. The van der Waals surface area contributed by atoms with E-state index in [0.717, 1.165) is 28.6 Å². The van der Waals surface area contributed by atoms with Gasteiger partial charge < -0.3 is 9.64 Å². The fourth-order valence-corrected chi connectivity index (χ4v) is 7.36. The lowest BCUT2D eigenvalue weighted by Crippen LogP contribution is -2.26. The van der Waals surface area contributed by atoms with Crippen LogP contribution in [-0.2, 0) is 5.41 Å². The summed E-state index contributed by atoms with van der Waals surface area (Å²) < 4.78 is 6.33. The highest BCUT2D eigenvalue weighted by molar-refractivity contribution is 5.97. The second-order valence-corrected chi connectivity index (χ2v) is 11.0. The number of fused-ring (bicyclic) bond motifs is 12. The van der Waals surface area contributed by atoms with Crippen molar-refractivity contribution in [2.24, 2.45) is 0 Å². The van der Waals surface area contributed by atoms with E-state index in [0.29, 0.717) is 0 Å². The van der Waals surface area contributed by atoms with Gasteiger partial charge in [0.15, 0.2) is 11.5 Å². The molecular weight excluding hydrogens is 486 g/mol. The molecule has 0 amide bonds. The zero-order valence-electron chi connectivity index (χ0n) is 22.1. The molecule has 0 fully saturated rings. The Balaban J connectivity index is 1.38. The van der Waals surface area contributed by atoms with Crippen LogP contribution in [0.5, 0.6) is 11.5 Å². The number of hydrogen-bond donors (Lipinski definition) is 0. The first kappa shape index (κ1) is 21.8. The Morgan fingerprint density at radius 1 is 0.475 bits per heavy atom. The smallest absolute Gasteiger partial charge is 0.151 e. The molecule has 1 spiro atoms. The molecule has 6 aromatic carbocycles. The average molecular weight is 512 g/mol. The average Bonchev–Trinajstić information content (AvgIpc) is 3.46. The minimum atomic E-state index is -0.370. The molecule has 40 heavy (non-hydrogen) atoms. The lowest BCUT2D eigenvalue weighted by atomic mass is 9.70. The van der Waals surface area contributed by atoms with E-state index in [1.54, 1.807) is 0 Å². The Labute approximate surface area is 233 Å². The normalized spacial score (nSPS) is 14.5. The molecule has 2 heteroatoms. The highest BCUT2D eigenvalue weighted by Crippen LogP contribution is 2.63. The van der Waals surface area contributed by atoms with Crippen molar-refractivity contribution in [1.82, 2.24) is 0 Å². The quantitative estimate of drug-likeness (QED) is 0.217. The molecule has 0 unspecified atom stereocenters. The van der Waals surface area contributed by atoms with E-state index in [4.69, 9.17) is 4.74 Å². The van der Waals surface area contributed by atoms with Crippen molar-refractivity contribution >= 4 is 17.1 Å². The van der Waals surface area contributed by atoms with E-state index in [1.807, 2.05) is 12.1 Å². The van der Waals surface area contributed by atoms with Crippen molar-refractivity contribution in [3.05, 3.63) is 161 Å². The summed E-state index contributed by atoms with van der Waals surface area (Å²) in [6.45, 7) is 2.21. The van der Waals surface area contributed by atoms with Gasteiger partial charge >= 0.3 is 0 Å². The first-order valence-electron chi connectivity index (χ1n) is 13.9. The molecule has 1 heterocycles. The molecule has 0 aromatic heterocycles. The van der Waals surface area contributed by atoms with Gasteiger partial charge in [0, 0.05) is 5.69 Å². The van der Waals surface area contributed by atoms with Crippen molar-refractivity contribution in [2.45, 2.75) is 12.3 Å². The van der Waals surface area contributed by atoms with Gasteiger partial charge in [0.1, 0.15) is 0 Å². The molecule has 2 aliphatic carbocycles. The second-order valence-electron chi connectivity index (χ2n) is 11.0. The molecule has 1 aliphatic heterocycles. The predicted octanol–water partition coefficient (Wildman–Crippen LogP) is 9.91. The third kappa shape index (κ3) is 2.63. The highest BCUT2D eigenvalue weighted by atomic mass is 16.5. The van der Waals surface area contributed by atoms with E-state index >= 15 is 0 Å². The second kappa shape index (κ2) is 7.74. The van der Waals surface area contributed by atoms with Crippen LogP contribution in [0, 0.1) is 6.92 Å². The van der Waals surface area contributed by atoms with E-state index in [1.165, 1.54) is 50.1 Å². The van der Waals surface area contributed by atoms with Crippen LogP contribution >= 0.6 is 0 Å². The summed E-state index contributed by atoms with van der Waals surface area (Å²) in [6, 6.07) is 48.6. The minimum Gasteiger partial charge on any atom is -0.453 e. The lowest BCUT2D eigenvalue weighted by Gasteiger charge is -2.34. The highest BCUT2D eigenvalue weighted by Gasteiger charge is 2.51. The van der Waals surface area contributed by atoms with E-state index in [9.17, 15) is 0 Å². The van der Waals surface area contributed by atoms with E-state index < -0.39 is 0 Å². The lowest BCUT2D eigenvalue weighted by molar-refractivity contribution is 0.477. The fourth-order valence-electron chi connectivity index (χ4n) is 7.36. The van der Waals surface area contributed by atoms with Crippen LogP contribution in [0.25, 0.3) is 22.3 Å². The van der Waals surface area contributed by atoms with Gasteiger partial charge in [-0.25, -0.2) is 0 Å². The third-order valence-corrected chi connectivity index (χ3v) is 8.92. The van der Waals surface area contributed by atoms with Crippen LogP contribution < -0.4 is 9.64 Å². The monoisotopic (exact) mass is 511 g/mol. The van der Waals surface area contributed by atoms with Crippen molar-refractivity contribution < 1.29 is 4.74 Å². The van der Waals surface area contributed by atoms with Crippen LogP contribution in [0.1, 0.15) is 27.8 Å². The van der Waals surface area contributed by atoms with Gasteiger partial charge in [-0.3, -0.25) is 0 Å². The molecule has 0 saturated carbocycles. The Morgan fingerprint density at radius 3 is 1.62 bits per heavy atom. The number of para-hydroxylation sites is 4. The summed E-state index contributed by atoms with van der Waals surface area (Å²) >= 11 is 0. The Morgan fingerprint density at radius 2 is 0.975 bits per heavy atom. The van der Waals surface area contributed by atoms with Crippen molar-refractivity contribution in [3.63, 3.8) is 0 Å². The summed E-state index contributed by atoms with van der Waals surface area (Å²) in [7, 11) is 0. The molecule has 0 N–H and O–H groups in total. The van der Waals surface area contributed by atoms with Gasteiger partial charge in [-0.15, -0.1) is 0 Å². The van der Waals surface area contributed by atoms with Crippen LogP contribution in [0.4, 0.5) is 17.1 Å². The number of anilines is 3. The van der Waals surface area contributed by atoms with Crippen molar-refractivity contribution in [2.75, 3.05) is 4.90 Å². The van der Waals surface area contributed by atoms with E-state index in [-0.39, 0.29) is 5.41 Å². The molecule has 188 valence electrons. The Kier molecular flexibility index (Phi) is 4.22. The maximum Gasteiger partial charge on any atom is 0.151 e. The first-order valence-corrected chi connectivity index (χ1v) is 13.9. The number of aryl methyl sites for hydroxylation is 1. The molecule has 0 atom stereocenters. The first-order chi connectivity index (χ1) is 19.7. The fraction of sp³-hybridized carbons (Fsp3) is 0.0526. The number of nitrogens with zero attached hydrogens (tertiary/aromatic N) is 1. The zero-order valence-corrected chi connectivity index (χ0v) is 22.1. The van der Waals surface area contributed by atoms with Crippen LogP contribution in [0.15, 0.2) is 133 Å². The number of rotatable bonds is 1. The summed E-state index contributed by atoms with van der Waals surface area (Å²) in [5.41, 5.74) is 14.9. The number of benzene rings is 6. The Bertz CT molecular complexity index is 1930. The van der Waals surface area contributed by atoms with Gasteiger partial charge in [-0.05, 0) is 87.8 Å². The molecule has 6 aromatic rings. The molecule has 3 aliphatic rings. The summed E-state index contributed by atoms with van der Waals surface area (Å²) in [6.07, 6.45) is 0. The van der Waals surface area contributed by atoms with Crippen LogP contribution in [0.3, 0.4) is 0 Å². The third-order valence-electron chi connectivity index (χ3n) is 8.92. The van der Waals surface area contributed by atoms with Gasteiger partial charge in [-0.2, -0.15) is 0 Å². The summed E-state index contributed by atoms with van der Waals surface area (Å²) in [4.78, 5) is 2.35. The summed E-state index contributed by atoms with van der Waals surface area (Å²) in [5.74, 6) is 1.73. The van der Waals surface area contributed by atoms with Crippen molar-refractivity contribution in [3.8, 4) is 33.8 Å². The molecule has 0 radical (unpaired) electrons. The molecular formula is C38H25NO. The Hall–Kier alpha value is -5.08. The van der Waals surface area contributed by atoms with Gasteiger partial charge in [0.2, 0.25) is 0 Å². The predicted molar refractivity (Wildman–Crippen MR) is 162 cm³/mol. The minimum absolute atomic E-state index is 0.370. The van der Waals surface area contributed by atoms with E-state index in [2.05, 4.69) is 133 Å².